The normalized spacial score (nSPS) is 15.8. The zero-order valence-corrected chi connectivity index (χ0v) is 10.3. The summed E-state index contributed by atoms with van der Waals surface area (Å²) in [7, 11) is -2.04. The molecular weight excluding hydrogens is 180 g/mol. The molecule has 0 spiro atoms. The highest BCUT2D eigenvalue weighted by Gasteiger charge is 2.27. The van der Waals surface area contributed by atoms with E-state index in [9.17, 15) is 0 Å². The summed E-state index contributed by atoms with van der Waals surface area (Å²) in [6.45, 7) is 13.7. The highest BCUT2D eigenvalue weighted by atomic mass is 28.4. The van der Waals surface area contributed by atoms with Gasteiger partial charge in [0.25, 0.3) is 0 Å². The molecule has 0 aliphatic rings. The molecule has 0 aliphatic carbocycles. The van der Waals surface area contributed by atoms with Gasteiger partial charge in [-0.3, -0.25) is 0 Å². The van der Waals surface area contributed by atoms with Crippen molar-refractivity contribution >= 4 is 8.56 Å². The van der Waals surface area contributed by atoms with Gasteiger partial charge in [0.05, 0.1) is 0 Å². The maximum absolute atomic E-state index is 5.74. The lowest BCUT2D eigenvalue weighted by Crippen LogP contribution is -2.38. The third-order valence-electron chi connectivity index (χ3n) is 1.67. The Kier molecular flexibility index (Phi) is 6.29. The molecule has 2 nitrogen and oxygen atoms in total. The van der Waals surface area contributed by atoms with Gasteiger partial charge in [0.2, 0.25) is 0 Å². The van der Waals surface area contributed by atoms with Gasteiger partial charge in [-0.25, -0.2) is 0 Å². The topological polar surface area (TPSA) is 18.5 Å². The van der Waals surface area contributed by atoms with E-state index in [-0.39, 0.29) is 0 Å². The van der Waals surface area contributed by atoms with Crippen LogP contribution in [-0.2, 0) is 8.85 Å². The molecule has 0 N–H and O–H groups in total. The molecule has 0 saturated carbocycles. The second-order valence-corrected chi connectivity index (χ2v) is 6.79. The molecule has 0 amide bonds. The minimum atomic E-state index is -2.04. The monoisotopic (exact) mass is 202 g/mol. The van der Waals surface area contributed by atoms with Crippen molar-refractivity contribution < 1.29 is 8.85 Å². The smallest absolute Gasteiger partial charge is 0.361 e. The fraction of sp³-hybridized carbons (Fsp3) is 0.800. The Hall–Kier alpha value is -0.123. The van der Waals surface area contributed by atoms with Crippen molar-refractivity contribution in [2.75, 3.05) is 13.2 Å². The number of hydrogen-bond acceptors (Lipinski definition) is 2. The first-order valence-corrected chi connectivity index (χ1v) is 7.35. The van der Waals surface area contributed by atoms with Crippen LogP contribution in [-0.4, -0.2) is 21.8 Å². The second-order valence-electron chi connectivity index (χ2n) is 3.77. The zero-order valence-electron chi connectivity index (χ0n) is 9.30. The average Bonchev–Trinajstić information content (AvgIpc) is 2.11. The molecule has 0 fully saturated rings. The van der Waals surface area contributed by atoms with Gasteiger partial charge in [-0.1, -0.05) is 20.8 Å². The summed E-state index contributed by atoms with van der Waals surface area (Å²) in [6, 6.07) is 0. The summed E-state index contributed by atoms with van der Waals surface area (Å²) in [5, 5.41) is 0. The van der Waals surface area contributed by atoms with Crippen LogP contribution >= 0.6 is 0 Å². The molecule has 0 bridgehead atoms. The SMILES string of the molecule is C=C[Si](C)(OCCC)OCC(C)C. The van der Waals surface area contributed by atoms with Crippen LogP contribution in [0.2, 0.25) is 6.55 Å². The van der Waals surface area contributed by atoms with E-state index in [1.165, 1.54) is 0 Å². The summed E-state index contributed by atoms with van der Waals surface area (Å²) >= 11 is 0. The van der Waals surface area contributed by atoms with Crippen LogP contribution in [0.25, 0.3) is 0 Å². The van der Waals surface area contributed by atoms with Crippen molar-refractivity contribution in [3.63, 3.8) is 0 Å². The molecule has 0 radical (unpaired) electrons. The molecule has 0 aliphatic heterocycles. The lowest BCUT2D eigenvalue weighted by atomic mass is 10.2. The van der Waals surface area contributed by atoms with Crippen LogP contribution in [0.1, 0.15) is 27.2 Å². The van der Waals surface area contributed by atoms with E-state index in [1.54, 1.807) is 0 Å². The van der Waals surface area contributed by atoms with Crippen LogP contribution in [0.4, 0.5) is 0 Å². The van der Waals surface area contributed by atoms with E-state index in [0.717, 1.165) is 19.6 Å². The minimum absolute atomic E-state index is 0.553. The van der Waals surface area contributed by atoms with E-state index < -0.39 is 8.56 Å². The Bertz CT molecular complexity index is 148. The zero-order chi connectivity index (χ0) is 10.3. The fourth-order valence-corrected chi connectivity index (χ4v) is 2.39. The van der Waals surface area contributed by atoms with Gasteiger partial charge in [-0.2, -0.15) is 0 Å². The van der Waals surface area contributed by atoms with Crippen LogP contribution < -0.4 is 0 Å². The van der Waals surface area contributed by atoms with Gasteiger partial charge in [0, 0.05) is 13.2 Å². The minimum Gasteiger partial charge on any atom is -0.391 e. The van der Waals surface area contributed by atoms with Crippen molar-refractivity contribution in [3.8, 4) is 0 Å². The molecule has 1 atom stereocenters. The Balaban J connectivity index is 3.88. The quantitative estimate of drug-likeness (QED) is 0.591. The van der Waals surface area contributed by atoms with Gasteiger partial charge in [0.15, 0.2) is 0 Å². The van der Waals surface area contributed by atoms with Crippen LogP contribution in [0.5, 0.6) is 0 Å². The van der Waals surface area contributed by atoms with E-state index in [4.69, 9.17) is 8.85 Å². The van der Waals surface area contributed by atoms with E-state index >= 15 is 0 Å². The Morgan fingerprint density at radius 1 is 1.38 bits per heavy atom. The van der Waals surface area contributed by atoms with Crippen molar-refractivity contribution in [3.05, 3.63) is 12.3 Å². The maximum Gasteiger partial charge on any atom is 0.361 e. The van der Waals surface area contributed by atoms with Crippen LogP contribution in [0, 0.1) is 5.92 Å². The lowest BCUT2D eigenvalue weighted by molar-refractivity contribution is 0.166. The Morgan fingerprint density at radius 2 is 2.00 bits per heavy atom. The molecule has 0 saturated heterocycles. The van der Waals surface area contributed by atoms with Gasteiger partial charge < -0.3 is 8.85 Å². The number of rotatable bonds is 7. The summed E-state index contributed by atoms with van der Waals surface area (Å²) in [6.07, 6.45) is 1.03. The first-order valence-electron chi connectivity index (χ1n) is 4.95. The van der Waals surface area contributed by atoms with E-state index in [1.807, 2.05) is 12.2 Å². The fourth-order valence-electron chi connectivity index (χ4n) is 0.796. The Labute approximate surface area is 83.2 Å². The summed E-state index contributed by atoms with van der Waals surface area (Å²) in [5.41, 5.74) is 1.85. The molecule has 1 unspecified atom stereocenters. The molecule has 0 aromatic carbocycles. The third-order valence-corrected chi connectivity index (χ3v) is 3.93. The molecule has 13 heavy (non-hydrogen) atoms. The summed E-state index contributed by atoms with van der Waals surface area (Å²) in [4.78, 5) is 0. The number of hydrogen-bond donors (Lipinski definition) is 0. The average molecular weight is 202 g/mol. The summed E-state index contributed by atoms with van der Waals surface area (Å²) in [5.74, 6) is 0.553. The van der Waals surface area contributed by atoms with Crippen molar-refractivity contribution in [2.24, 2.45) is 5.92 Å². The second kappa shape index (κ2) is 6.35. The van der Waals surface area contributed by atoms with Crippen LogP contribution in [0.15, 0.2) is 12.3 Å². The van der Waals surface area contributed by atoms with E-state index in [0.29, 0.717) is 5.92 Å². The largest absolute Gasteiger partial charge is 0.391 e. The summed E-state index contributed by atoms with van der Waals surface area (Å²) < 4.78 is 11.4. The third kappa shape index (κ3) is 6.02. The first-order chi connectivity index (χ1) is 6.04. The van der Waals surface area contributed by atoms with Gasteiger partial charge in [0.1, 0.15) is 0 Å². The molecular formula is C10H22O2Si. The van der Waals surface area contributed by atoms with Gasteiger partial charge in [-0.15, -0.1) is 6.58 Å². The predicted octanol–water partition coefficient (Wildman–Crippen LogP) is 2.88. The predicted molar refractivity (Wildman–Crippen MR) is 58.8 cm³/mol. The van der Waals surface area contributed by atoms with Crippen molar-refractivity contribution in [1.29, 1.82) is 0 Å². The molecule has 0 heterocycles. The van der Waals surface area contributed by atoms with Gasteiger partial charge in [-0.05, 0) is 24.6 Å². The highest BCUT2D eigenvalue weighted by Crippen LogP contribution is 2.10. The molecule has 0 aromatic rings. The van der Waals surface area contributed by atoms with Gasteiger partial charge >= 0.3 is 8.56 Å². The Morgan fingerprint density at radius 3 is 2.38 bits per heavy atom. The molecule has 0 aromatic heterocycles. The van der Waals surface area contributed by atoms with Crippen molar-refractivity contribution in [2.45, 2.75) is 33.7 Å². The maximum atomic E-state index is 5.74. The molecule has 0 rings (SSSR count). The molecule has 3 heteroatoms. The first kappa shape index (κ1) is 12.9. The highest BCUT2D eigenvalue weighted by molar-refractivity contribution is 6.71. The van der Waals surface area contributed by atoms with Crippen LogP contribution in [0.3, 0.4) is 0 Å². The van der Waals surface area contributed by atoms with E-state index in [2.05, 4.69) is 27.4 Å². The lowest BCUT2D eigenvalue weighted by Gasteiger charge is -2.24. The standard InChI is InChI=1S/C10H22O2Si/c1-6-8-11-13(5,7-2)12-9-10(3)4/h7,10H,2,6,8-9H2,1,3-5H3. The molecule has 78 valence electrons. The van der Waals surface area contributed by atoms with Crippen molar-refractivity contribution in [1.82, 2.24) is 0 Å².